The summed E-state index contributed by atoms with van der Waals surface area (Å²) in [6, 6.07) is 2.34. The van der Waals surface area contributed by atoms with Crippen LogP contribution in [0.2, 0.25) is 0 Å². The van der Waals surface area contributed by atoms with Gasteiger partial charge in [0.25, 0.3) is 0 Å². The van der Waals surface area contributed by atoms with Crippen molar-refractivity contribution in [3.8, 4) is 0 Å². The zero-order valence-electron chi connectivity index (χ0n) is 45.3. The molecule has 0 fully saturated rings. The monoisotopic (exact) mass is 906 g/mol. The van der Waals surface area contributed by atoms with Crippen LogP contribution in [0.1, 0.15) is 371 Å². The van der Waals surface area contributed by atoms with Gasteiger partial charge in [-0.1, -0.05) is 342 Å². The van der Waals surface area contributed by atoms with Gasteiger partial charge in [0.05, 0.1) is 0 Å². The van der Waals surface area contributed by atoms with Gasteiger partial charge in [-0.2, -0.15) is 0 Å². The summed E-state index contributed by atoms with van der Waals surface area (Å²) in [4.78, 5) is 9.90. The third-order valence-corrected chi connectivity index (χ3v) is 14.9. The fraction of sp³-hybridized carbons (Fsp3) is 0.921. The summed E-state index contributed by atoms with van der Waals surface area (Å²) in [6.45, 7) is 8.71. The molecule has 1 aromatic rings. The van der Waals surface area contributed by atoms with Crippen LogP contribution in [0.3, 0.4) is 0 Å². The average Bonchev–Trinajstić information content (AvgIpc) is 3.31. The van der Waals surface area contributed by atoms with Crippen LogP contribution in [-0.4, -0.2) is 9.97 Å². The highest BCUT2D eigenvalue weighted by atomic mass is 14.9. The Hall–Kier alpha value is -0.920. The molecule has 0 N–H and O–H groups in total. The van der Waals surface area contributed by atoms with E-state index >= 15 is 0 Å². The summed E-state index contributed by atoms with van der Waals surface area (Å²) < 4.78 is 0. The quantitative estimate of drug-likeness (QED) is 0.0609. The molecule has 1 heterocycles. The number of aromatic nitrogens is 2. The molecule has 0 unspecified atom stereocenters. The molecule has 1 aromatic heterocycles. The fourth-order valence-electron chi connectivity index (χ4n) is 10.4. The van der Waals surface area contributed by atoms with Crippen LogP contribution in [0.5, 0.6) is 0 Å². The molecular weight excluding hydrogens is 785 g/mol. The molecule has 0 bridgehead atoms. The first-order valence-corrected chi connectivity index (χ1v) is 30.9. The van der Waals surface area contributed by atoms with E-state index in [1.807, 2.05) is 0 Å². The van der Waals surface area contributed by atoms with Crippen LogP contribution < -0.4 is 0 Å². The lowest BCUT2D eigenvalue weighted by atomic mass is 10.0. The van der Waals surface area contributed by atoms with E-state index in [0.29, 0.717) is 0 Å². The number of hydrogen-bond acceptors (Lipinski definition) is 2. The molecular formula is C63H121N2. The first kappa shape index (κ1) is 62.1. The van der Waals surface area contributed by atoms with Gasteiger partial charge in [0.15, 0.2) is 0 Å². The molecule has 0 aromatic carbocycles. The largest absolute Gasteiger partial charge is 0.238 e. The van der Waals surface area contributed by atoms with Crippen molar-refractivity contribution in [3.63, 3.8) is 0 Å². The second-order valence-electron chi connectivity index (χ2n) is 21.5. The van der Waals surface area contributed by atoms with Gasteiger partial charge in [0.1, 0.15) is 5.82 Å². The number of aryl methyl sites for hydroxylation is 3. The normalized spacial score (nSPS) is 11.7. The molecule has 1 rings (SSSR count). The second kappa shape index (κ2) is 54.0. The molecule has 0 saturated heterocycles. The van der Waals surface area contributed by atoms with E-state index in [2.05, 4.69) is 26.8 Å². The number of unbranched alkanes of at least 4 members (excludes halogenated alkanes) is 50. The van der Waals surface area contributed by atoms with Crippen LogP contribution >= 0.6 is 0 Å². The molecule has 383 valence electrons. The van der Waals surface area contributed by atoms with Gasteiger partial charge < -0.3 is 0 Å². The Bertz CT molecular complexity index is 944. The molecule has 2 nitrogen and oxygen atoms in total. The minimum atomic E-state index is 0.891. The molecule has 2 heteroatoms. The Kier molecular flexibility index (Phi) is 51.6. The zero-order valence-corrected chi connectivity index (χ0v) is 45.3. The zero-order chi connectivity index (χ0) is 46.5. The van der Waals surface area contributed by atoms with Crippen molar-refractivity contribution in [1.29, 1.82) is 0 Å². The Morgan fingerprint density at radius 3 is 0.585 bits per heavy atom. The summed E-state index contributed by atoms with van der Waals surface area (Å²) >= 11 is 0. The SMILES string of the molecule is [CH2]CCc1nc(CCCCCCCCCCCCCCCCCCCCCCCCCCCC)cc(CCCCCCCCCCCCCCCCCCCCCCCCCCCC)n1. The van der Waals surface area contributed by atoms with Crippen molar-refractivity contribution in [2.24, 2.45) is 0 Å². The van der Waals surface area contributed by atoms with Gasteiger partial charge in [0, 0.05) is 17.8 Å². The van der Waals surface area contributed by atoms with Crippen LogP contribution in [0, 0.1) is 6.92 Å². The molecule has 0 aliphatic heterocycles. The molecule has 65 heavy (non-hydrogen) atoms. The average molecular weight is 907 g/mol. The van der Waals surface area contributed by atoms with Crippen molar-refractivity contribution in [2.75, 3.05) is 0 Å². The van der Waals surface area contributed by atoms with Gasteiger partial charge in [-0.05, 0) is 38.2 Å². The molecule has 0 spiro atoms. The summed E-state index contributed by atoms with van der Waals surface area (Å²) in [7, 11) is 0. The van der Waals surface area contributed by atoms with E-state index in [1.54, 1.807) is 0 Å². The first-order valence-electron chi connectivity index (χ1n) is 30.9. The number of nitrogens with zero attached hydrogens (tertiary/aromatic N) is 2. The van der Waals surface area contributed by atoms with Gasteiger partial charge >= 0.3 is 0 Å². The minimum absolute atomic E-state index is 0.891. The van der Waals surface area contributed by atoms with Crippen LogP contribution in [0.15, 0.2) is 6.07 Å². The van der Waals surface area contributed by atoms with Crippen molar-refractivity contribution >= 4 is 0 Å². The summed E-state index contributed by atoms with van der Waals surface area (Å²) in [6.07, 6.45) is 79.4. The molecule has 0 atom stereocenters. The maximum Gasteiger partial charge on any atom is 0.128 e. The standard InChI is InChI=1S/C63H121N2/c1-4-7-9-11-13-15-17-19-21-23-25-27-29-31-33-35-37-39-41-43-45-47-49-51-53-55-58-61-60-62(65-63(64-61)57-6-3)59-56-54-52-50-48-46-44-42-40-38-36-34-32-30-28-26-24-22-20-18-16-14-12-10-8-5-2/h60H,3-59H2,1-2H3. The Labute approximate surface area is 411 Å². The maximum absolute atomic E-state index is 4.95. The highest BCUT2D eigenvalue weighted by Crippen LogP contribution is 2.19. The minimum Gasteiger partial charge on any atom is -0.238 e. The van der Waals surface area contributed by atoms with Gasteiger partial charge in [0.2, 0.25) is 0 Å². The number of hydrogen-bond donors (Lipinski definition) is 0. The van der Waals surface area contributed by atoms with E-state index in [9.17, 15) is 0 Å². The molecule has 0 saturated carbocycles. The van der Waals surface area contributed by atoms with Crippen LogP contribution in [-0.2, 0) is 19.3 Å². The van der Waals surface area contributed by atoms with Gasteiger partial charge in [-0.15, -0.1) is 0 Å². The van der Waals surface area contributed by atoms with Crippen molar-refractivity contribution in [1.82, 2.24) is 9.97 Å². The lowest BCUT2D eigenvalue weighted by Crippen LogP contribution is -2.04. The summed E-state index contributed by atoms with van der Waals surface area (Å²) in [5, 5.41) is 0. The predicted octanol–water partition coefficient (Wildman–Crippen LogP) is 22.7. The fourth-order valence-corrected chi connectivity index (χ4v) is 10.4. The maximum atomic E-state index is 4.95. The van der Waals surface area contributed by atoms with Gasteiger partial charge in [-0.3, -0.25) is 0 Å². The van der Waals surface area contributed by atoms with E-state index in [-0.39, 0.29) is 0 Å². The summed E-state index contributed by atoms with van der Waals surface area (Å²) in [5.41, 5.74) is 2.58. The third kappa shape index (κ3) is 47.9. The van der Waals surface area contributed by atoms with E-state index in [0.717, 1.165) is 31.5 Å². The lowest BCUT2D eigenvalue weighted by Gasteiger charge is -2.09. The van der Waals surface area contributed by atoms with Crippen LogP contribution in [0.4, 0.5) is 0 Å². The van der Waals surface area contributed by atoms with Crippen molar-refractivity contribution < 1.29 is 0 Å². The van der Waals surface area contributed by atoms with Crippen molar-refractivity contribution in [2.45, 2.75) is 373 Å². The van der Waals surface area contributed by atoms with Gasteiger partial charge in [-0.25, -0.2) is 9.97 Å². The van der Waals surface area contributed by atoms with Crippen LogP contribution in [0.25, 0.3) is 0 Å². The van der Waals surface area contributed by atoms with Crippen molar-refractivity contribution in [3.05, 3.63) is 30.2 Å². The van der Waals surface area contributed by atoms with E-state index in [1.165, 1.54) is 345 Å². The predicted molar refractivity (Wildman–Crippen MR) is 295 cm³/mol. The summed E-state index contributed by atoms with van der Waals surface area (Å²) in [5.74, 6) is 1.04. The van der Waals surface area contributed by atoms with E-state index < -0.39 is 0 Å². The second-order valence-corrected chi connectivity index (χ2v) is 21.5. The van der Waals surface area contributed by atoms with E-state index in [4.69, 9.17) is 9.97 Å². The topological polar surface area (TPSA) is 25.8 Å². The number of rotatable bonds is 56. The lowest BCUT2D eigenvalue weighted by molar-refractivity contribution is 0.515. The Balaban J connectivity index is 1.87. The molecule has 1 radical (unpaired) electrons. The molecule has 0 aliphatic carbocycles. The Morgan fingerprint density at radius 2 is 0.415 bits per heavy atom. The molecule has 0 aliphatic rings. The molecule has 0 amide bonds. The highest BCUT2D eigenvalue weighted by Gasteiger charge is 2.06. The Morgan fingerprint density at radius 1 is 0.246 bits per heavy atom. The smallest absolute Gasteiger partial charge is 0.128 e. The first-order chi connectivity index (χ1) is 32.3. The third-order valence-electron chi connectivity index (χ3n) is 14.9. The highest BCUT2D eigenvalue weighted by molar-refractivity contribution is 5.12.